The normalized spacial score (nSPS) is 18.4. The highest BCUT2D eigenvalue weighted by Crippen LogP contribution is 2.35. The predicted octanol–water partition coefficient (Wildman–Crippen LogP) is 3.15. The first-order valence-corrected chi connectivity index (χ1v) is 13.9. The fourth-order valence-corrected chi connectivity index (χ4v) is 5.42. The minimum Gasteiger partial charge on any atom is -0.346 e. The molecule has 0 spiro atoms. The molecule has 1 aliphatic heterocycles. The molecule has 10 nitrogen and oxygen atoms in total. The van der Waals surface area contributed by atoms with E-state index >= 15 is 0 Å². The molecule has 0 unspecified atom stereocenters. The number of nitrogens with one attached hydrogen (secondary N) is 3. The van der Waals surface area contributed by atoms with E-state index in [1.54, 1.807) is 6.08 Å². The molecule has 0 radical (unpaired) electrons. The lowest BCUT2D eigenvalue weighted by molar-refractivity contribution is -0.117. The van der Waals surface area contributed by atoms with Crippen LogP contribution in [0.2, 0.25) is 0 Å². The Kier molecular flexibility index (Phi) is 9.93. The largest absolute Gasteiger partial charge is 0.346 e. The van der Waals surface area contributed by atoms with Crippen molar-refractivity contribution in [1.29, 1.82) is 0 Å². The second kappa shape index (κ2) is 13.2. The fraction of sp³-hybridized carbons (Fsp3) is 0.400. The van der Waals surface area contributed by atoms with Crippen molar-refractivity contribution >= 4 is 58.7 Å². The van der Waals surface area contributed by atoms with E-state index in [2.05, 4.69) is 42.2 Å². The van der Waals surface area contributed by atoms with E-state index in [0.29, 0.717) is 31.1 Å². The smallest absolute Gasteiger partial charge is 0.251 e. The summed E-state index contributed by atoms with van der Waals surface area (Å²) < 4.78 is 4.38. The first-order valence-electron chi connectivity index (χ1n) is 13.9. The number of hydrogen-bond acceptors (Lipinski definition) is 6. The maximum Gasteiger partial charge on any atom is 0.251 e. The number of aromatic nitrogens is 4. The van der Waals surface area contributed by atoms with Crippen LogP contribution in [0.5, 0.6) is 0 Å². The Hall–Kier alpha value is -3.44. The van der Waals surface area contributed by atoms with Crippen molar-refractivity contribution in [2.45, 2.75) is 31.5 Å². The van der Waals surface area contributed by atoms with Gasteiger partial charge < -0.3 is 30.0 Å². The molecule has 1 saturated carbocycles. The van der Waals surface area contributed by atoms with Crippen LogP contribution in [-0.4, -0.2) is 81.6 Å². The minimum atomic E-state index is -0.209. The number of fused-ring (bicyclic) bond motifs is 2. The Morgan fingerprint density at radius 1 is 1.10 bits per heavy atom. The van der Waals surface area contributed by atoms with E-state index in [4.69, 9.17) is 4.98 Å². The van der Waals surface area contributed by atoms with E-state index in [0.717, 1.165) is 40.1 Å². The van der Waals surface area contributed by atoms with Crippen LogP contribution in [0.3, 0.4) is 0 Å². The SMILES string of the molecule is CN(C)C/C=C/C(=O)N[C@@H]1CNC[C@H]1NC(=O)c1ccc2c(c1)nc(-c1cc3cccnc3n1CC1CC1)n2C.Cl.Cl. The molecule has 2 atom stereocenters. The van der Waals surface area contributed by atoms with E-state index in [9.17, 15) is 9.59 Å². The highest BCUT2D eigenvalue weighted by Gasteiger charge is 2.30. The van der Waals surface area contributed by atoms with Crippen LogP contribution >= 0.6 is 24.8 Å². The number of hydrogen-bond donors (Lipinski definition) is 3. The van der Waals surface area contributed by atoms with Crippen LogP contribution in [0.15, 0.2) is 54.7 Å². The third-order valence-electron chi connectivity index (χ3n) is 7.76. The predicted molar refractivity (Wildman–Crippen MR) is 170 cm³/mol. The lowest BCUT2D eigenvalue weighted by Crippen LogP contribution is -2.50. The van der Waals surface area contributed by atoms with Crippen molar-refractivity contribution in [3.8, 4) is 11.5 Å². The van der Waals surface area contributed by atoms with Crippen LogP contribution in [0.4, 0.5) is 0 Å². The van der Waals surface area contributed by atoms with Crippen LogP contribution in [0.25, 0.3) is 33.6 Å². The molecule has 3 aromatic heterocycles. The van der Waals surface area contributed by atoms with Gasteiger partial charge in [-0.05, 0) is 69.3 Å². The quantitative estimate of drug-likeness (QED) is 0.251. The van der Waals surface area contributed by atoms with Crippen LogP contribution < -0.4 is 16.0 Å². The zero-order chi connectivity index (χ0) is 27.8. The molecule has 42 heavy (non-hydrogen) atoms. The van der Waals surface area contributed by atoms with Crippen molar-refractivity contribution in [2.24, 2.45) is 13.0 Å². The fourth-order valence-electron chi connectivity index (χ4n) is 5.42. The number of aryl methyl sites for hydroxylation is 1. The molecule has 12 heteroatoms. The first kappa shape index (κ1) is 31.5. The van der Waals surface area contributed by atoms with Gasteiger partial charge in [-0.2, -0.15) is 0 Å². The van der Waals surface area contributed by atoms with Gasteiger partial charge in [0.25, 0.3) is 5.91 Å². The Balaban J connectivity index is 0.00000202. The van der Waals surface area contributed by atoms with E-state index in [1.807, 2.05) is 62.6 Å². The van der Waals surface area contributed by atoms with Gasteiger partial charge in [-0.3, -0.25) is 9.59 Å². The lowest BCUT2D eigenvalue weighted by Gasteiger charge is -2.20. The highest BCUT2D eigenvalue weighted by atomic mass is 35.5. The van der Waals surface area contributed by atoms with E-state index in [1.165, 1.54) is 12.8 Å². The van der Waals surface area contributed by atoms with Gasteiger partial charge in [0.2, 0.25) is 5.91 Å². The zero-order valence-corrected chi connectivity index (χ0v) is 25.7. The summed E-state index contributed by atoms with van der Waals surface area (Å²) in [7, 11) is 5.91. The number of imidazole rings is 1. The van der Waals surface area contributed by atoms with Gasteiger partial charge in [-0.25, -0.2) is 9.97 Å². The van der Waals surface area contributed by atoms with Crippen molar-refractivity contribution in [3.05, 3.63) is 60.3 Å². The molecular formula is C30H38Cl2N8O2. The average molecular weight is 614 g/mol. The first-order chi connectivity index (χ1) is 19.4. The molecule has 0 bridgehead atoms. The number of amides is 2. The number of carbonyl (C=O) groups is 2. The molecule has 4 aromatic rings. The molecule has 224 valence electrons. The van der Waals surface area contributed by atoms with Crippen molar-refractivity contribution < 1.29 is 9.59 Å². The molecule has 1 aliphatic carbocycles. The van der Waals surface area contributed by atoms with Crippen molar-refractivity contribution in [1.82, 2.24) is 40.0 Å². The summed E-state index contributed by atoms with van der Waals surface area (Å²) in [5, 5.41) is 10.5. The number of pyridine rings is 1. The standard InChI is InChI=1S/C30H36N8O2.2ClH/c1-36(2)13-5-7-27(39)33-23-16-31-17-24(23)35-30(40)21-10-11-25-22(14-21)34-29(37(25)3)26-15-20-6-4-12-32-28(20)38(26)18-19-8-9-19;;/h4-7,10-12,14-15,19,23-24,31H,8-9,13,16-18H2,1-3H3,(H,33,39)(H,35,40);2*1H/b7-5+;;/t23-,24-;;/m1../s1. The molecule has 3 N–H and O–H groups in total. The van der Waals surface area contributed by atoms with Gasteiger partial charge in [0.05, 0.1) is 28.8 Å². The number of rotatable bonds is 9. The molecule has 1 aromatic carbocycles. The third-order valence-corrected chi connectivity index (χ3v) is 7.76. The number of likely N-dealkylation sites (N-methyl/N-ethyl adjacent to an activating group) is 1. The van der Waals surface area contributed by atoms with Gasteiger partial charge >= 0.3 is 0 Å². The number of halogens is 2. The second-order valence-corrected chi connectivity index (χ2v) is 11.2. The van der Waals surface area contributed by atoms with Gasteiger partial charge in [-0.1, -0.05) is 6.08 Å². The van der Waals surface area contributed by atoms with Crippen molar-refractivity contribution in [2.75, 3.05) is 33.7 Å². The van der Waals surface area contributed by atoms with Gasteiger partial charge in [0, 0.05) is 56.4 Å². The Morgan fingerprint density at radius 3 is 2.60 bits per heavy atom. The Morgan fingerprint density at radius 2 is 1.86 bits per heavy atom. The molecule has 2 aliphatic rings. The monoisotopic (exact) mass is 612 g/mol. The van der Waals surface area contributed by atoms with E-state index < -0.39 is 0 Å². The lowest BCUT2D eigenvalue weighted by atomic mass is 10.1. The molecule has 2 fully saturated rings. The summed E-state index contributed by atoms with van der Waals surface area (Å²) in [6.07, 6.45) is 7.71. The highest BCUT2D eigenvalue weighted by molar-refractivity contribution is 5.98. The zero-order valence-electron chi connectivity index (χ0n) is 24.0. The second-order valence-electron chi connectivity index (χ2n) is 11.2. The van der Waals surface area contributed by atoms with E-state index in [-0.39, 0.29) is 48.7 Å². The summed E-state index contributed by atoms with van der Waals surface area (Å²) in [4.78, 5) is 37.2. The summed E-state index contributed by atoms with van der Waals surface area (Å²) in [6, 6.07) is 11.5. The van der Waals surface area contributed by atoms with Crippen LogP contribution in [-0.2, 0) is 18.4 Å². The van der Waals surface area contributed by atoms with Gasteiger partial charge in [0.1, 0.15) is 5.65 Å². The molecule has 6 rings (SSSR count). The van der Waals surface area contributed by atoms with Gasteiger partial charge in [-0.15, -0.1) is 24.8 Å². The molecular weight excluding hydrogens is 575 g/mol. The number of carbonyl (C=O) groups excluding carboxylic acids is 2. The van der Waals surface area contributed by atoms with Crippen LogP contribution in [0, 0.1) is 5.92 Å². The maximum atomic E-state index is 13.3. The van der Waals surface area contributed by atoms with Gasteiger partial charge in [0.15, 0.2) is 5.82 Å². The summed E-state index contributed by atoms with van der Waals surface area (Å²) in [5.41, 5.74) is 4.29. The minimum absolute atomic E-state index is 0. The Labute approximate surface area is 257 Å². The van der Waals surface area contributed by atoms with Crippen LogP contribution in [0.1, 0.15) is 23.2 Å². The topological polar surface area (TPSA) is 109 Å². The van der Waals surface area contributed by atoms with Crippen molar-refractivity contribution in [3.63, 3.8) is 0 Å². The summed E-state index contributed by atoms with van der Waals surface area (Å²) in [5.74, 6) is 1.20. The average Bonchev–Trinajstić information content (AvgIpc) is 3.41. The molecule has 2 amide bonds. The summed E-state index contributed by atoms with van der Waals surface area (Å²) >= 11 is 0. The summed E-state index contributed by atoms with van der Waals surface area (Å²) in [6.45, 7) is 2.82. The Bertz CT molecular complexity index is 1610. The number of nitrogens with zero attached hydrogens (tertiary/aromatic N) is 5. The molecule has 1 saturated heterocycles. The third kappa shape index (κ3) is 6.62. The number of benzene rings is 1. The maximum absolute atomic E-state index is 13.3. The molecule has 4 heterocycles.